The molecule has 8 N–H and O–H groups in total. The number of phosphoric acid groups is 1. The van der Waals surface area contributed by atoms with E-state index in [9.17, 15) is 19.6 Å². The maximum absolute atomic E-state index is 13.8. The Labute approximate surface area is 192 Å². The van der Waals surface area contributed by atoms with Crippen molar-refractivity contribution in [2.75, 3.05) is 12.3 Å². The molecule has 0 radical (unpaired) electrons. The van der Waals surface area contributed by atoms with Crippen molar-refractivity contribution in [3.63, 3.8) is 0 Å². The molecule has 1 aliphatic heterocycles. The van der Waals surface area contributed by atoms with E-state index in [4.69, 9.17) is 26.0 Å². The molecule has 182 valence electrons. The molecule has 0 spiro atoms. The predicted molar refractivity (Wildman–Crippen MR) is 116 cm³/mol. The largest absolute Gasteiger partial charge is 0.469 e. The molecule has 1 fully saturated rings. The van der Waals surface area contributed by atoms with E-state index in [-0.39, 0.29) is 23.4 Å². The number of nitrogen functional groups attached to an aromatic ring is 1. The minimum Gasteiger partial charge on any atom is -0.387 e. The molecule has 0 saturated carbocycles. The number of hydrogen-bond acceptors (Lipinski definition) is 11. The Morgan fingerprint density at radius 2 is 1.94 bits per heavy atom. The first-order valence-electron chi connectivity index (χ1n) is 10.1. The van der Waals surface area contributed by atoms with Gasteiger partial charge in [-0.25, -0.2) is 19.5 Å². The number of aliphatic hydroxyl groups is 2. The van der Waals surface area contributed by atoms with Gasteiger partial charge in [-0.2, -0.15) is 0 Å². The zero-order valence-electron chi connectivity index (χ0n) is 17.6. The Kier molecular flexibility index (Phi) is 6.50. The lowest BCUT2D eigenvalue weighted by Crippen LogP contribution is -2.57. The van der Waals surface area contributed by atoms with Gasteiger partial charge in [0.1, 0.15) is 36.5 Å². The summed E-state index contributed by atoms with van der Waals surface area (Å²) in [7, 11) is -4.94. The van der Waals surface area contributed by atoms with Gasteiger partial charge in [-0.05, 0) is 12.0 Å². The van der Waals surface area contributed by atoms with Gasteiger partial charge in [-0.15, -0.1) is 0 Å². The number of fused-ring (bicyclic) bond motifs is 1. The number of ketones is 1. The van der Waals surface area contributed by atoms with Crippen molar-refractivity contribution in [1.29, 1.82) is 0 Å². The monoisotopic (exact) mass is 494 g/mol. The Morgan fingerprint density at radius 1 is 1.24 bits per heavy atom. The lowest BCUT2D eigenvalue weighted by molar-refractivity contribution is -0.175. The summed E-state index contributed by atoms with van der Waals surface area (Å²) in [5, 5.41) is 21.7. The third-order valence-corrected chi connectivity index (χ3v) is 6.04. The Hall–Kier alpha value is -2.81. The molecule has 4 rings (SSSR count). The number of anilines is 1. The molecule has 1 aliphatic rings. The second-order valence-electron chi connectivity index (χ2n) is 7.78. The second-order valence-corrected chi connectivity index (χ2v) is 9.02. The average Bonchev–Trinajstić information content (AvgIpc) is 3.33. The molecule has 0 unspecified atom stereocenters. The summed E-state index contributed by atoms with van der Waals surface area (Å²) >= 11 is 0. The van der Waals surface area contributed by atoms with Crippen LogP contribution in [-0.4, -0.2) is 76.3 Å². The number of phosphoric ester groups is 1. The van der Waals surface area contributed by atoms with Crippen LogP contribution in [0.3, 0.4) is 0 Å². The van der Waals surface area contributed by atoms with E-state index in [0.29, 0.717) is 0 Å². The first-order chi connectivity index (χ1) is 16.0. The number of carbonyl (C=O) groups excluding carboxylic acids is 1. The van der Waals surface area contributed by atoms with Gasteiger partial charge in [-0.1, -0.05) is 30.3 Å². The smallest absolute Gasteiger partial charge is 0.387 e. The molecule has 1 aromatic carbocycles. The van der Waals surface area contributed by atoms with Gasteiger partial charge in [0, 0.05) is 0 Å². The standard InChI is InChI=1S/C19H23N6O8P/c20-11(6-10-4-2-1-3-5-10)15(27)19(25-9-24-13-17(21)22-8-23-18(13)25)16(28)14(26)12(33-19)7-32-34(29,30)31/h1-5,8-9,11-12,14,16,26,28H,6-7,20H2,(H2,21,22,23)(H2,29,30,31)/t11-,12+,14+,16+,19+/m0/s1. The average molecular weight is 494 g/mol. The number of imidazole rings is 1. The number of rotatable bonds is 8. The third kappa shape index (κ3) is 4.33. The number of carbonyl (C=O) groups is 1. The summed E-state index contributed by atoms with van der Waals surface area (Å²) in [6, 6.07) is 7.64. The lowest BCUT2D eigenvalue weighted by atomic mass is 9.91. The van der Waals surface area contributed by atoms with Gasteiger partial charge in [0.2, 0.25) is 11.5 Å². The Bertz CT molecular complexity index is 1240. The van der Waals surface area contributed by atoms with Crippen molar-refractivity contribution in [1.82, 2.24) is 19.5 Å². The minimum absolute atomic E-state index is 0.00523. The van der Waals surface area contributed by atoms with Crippen LogP contribution < -0.4 is 11.5 Å². The highest BCUT2D eigenvalue weighted by Crippen LogP contribution is 2.42. The number of ether oxygens (including phenoxy) is 1. The molecule has 0 bridgehead atoms. The summed E-state index contributed by atoms with van der Waals surface area (Å²) in [6.45, 7) is -0.824. The van der Waals surface area contributed by atoms with Crippen molar-refractivity contribution in [3.8, 4) is 0 Å². The summed E-state index contributed by atoms with van der Waals surface area (Å²) in [4.78, 5) is 43.8. The highest BCUT2D eigenvalue weighted by molar-refractivity contribution is 7.46. The van der Waals surface area contributed by atoms with E-state index in [1.807, 2.05) is 0 Å². The summed E-state index contributed by atoms with van der Waals surface area (Å²) < 4.78 is 22.5. The van der Waals surface area contributed by atoms with Crippen molar-refractivity contribution in [2.24, 2.45) is 5.73 Å². The first kappa shape index (κ1) is 24.3. The fourth-order valence-corrected chi connectivity index (χ4v) is 4.29. The van der Waals surface area contributed by atoms with Crippen LogP contribution in [-0.2, 0) is 30.8 Å². The topological polar surface area (TPSA) is 229 Å². The summed E-state index contributed by atoms with van der Waals surface area (Å²) in [5.41, 5.74) is 10.5. The SMILES string of the molecule is Nc1ncnc2c1ncn2[C@]1(C(=O)[C@@H](N)Cc2ccccc2)O[C@H](COP(=O)(O)O)[C@@H](O)[C@H]1O. The molecular weight excluding hydrogens is 471 g/mol. The molecule has 3 aromatic rings. The van der Waals surface area contributed by atoms with Crippen LogP contribution in [0.4, 0.5) is 5.82 Å². The van der Waals surface area contributed by atoms with Crippen LogP contribution in [0, 0.1) is 0 Å². The Morgan fingerprint density at radius 3 is 2.62 bits per heavy atom. The number of nitrogens with zero attached hydrogens (tertiary/aromatic N) is 4. The minimum atomic E-state index is -4.94. The maximum atomic E-state index is 13.8. The van der Waals surface area contributed by atoms with Gasteiger partial charge < -0.3 is 36.2 Å². The molecule has 2 aromatic heterocycles. The molecule has 5 atom stereocenters. The zero-order chi connectivity index (χ0) is 24.7. The van der Waals surface area contributed by atoms with Gasteiger partial charge >= 0.3 is 7.82 Å². The van der Waals surface area contributed by atoms with Crippen LogP contribution in [0.5, 0.6) is 0 Å². The van der Waals surface area contributed by atoms with Crippen LogP contribution in [0.2, 0.25) is 0 Å². The normalized spacial score (nSPS) is 26.1. The van der Waals surface area contributed by atoms with Gasteiger partial charge in [-0.3, -0.25) is 13.9 Å². The highest BCUT2D eigenvalue weighted by Gasteiger charge is 2.62. The Balaban J connectivity index is 1.79. The first-order valence-corrected chi connectivity index (χ1v) is 11.6. The zero-order valence-corrected chi connectivity index (χ0v) is 18.5. The number of benzene rings is 1. The number of aliphatic hydroxyl groups excluding tert-OH is 2. The maximum Gasteiger partial charge on any atom is 0.469 e. The highest BCUT2D eigenvalue weighted by atomic mass is 31.2. The molecule has 1 saturated heterocycles. The van der Waals surface area contributed by atoms with Gasteiger partial charge in [0.15, 0.2) is 11.5 Å². The summed E-state index contributed by atoms with van der Waals surface area (Å²) in [5.74, 6) is -0.840. The van der Waals surface area contributed by atoms with Crippen LogP contribution >= 0.6 is 7.82 Å². The van der Waals surface area contributed by atoms with Crippen molar-refractivity contribution >= 4 is 30.6 Å². The van der Waals surface area contributed by atoms with Crippen molar-refractivity contribution in [2.45, 2.75) is 36.5 Å². The van der Waals surface area contributed by atoms with Crippen molar-refractivity contribution < 1.29 is 38.6 Å². The van der Waals surface area contributed by atoms with Gasteiger partial charge in [0.05, 0.1) is 12.6 Å². The number of nitrogens with two attached hydrogens (primary N) is 2. The van der Waals surface area contributed by atoms with Crippen LogP contribution in [0.25, 0.3) is 11.2 Å². The number of aromatic nitrogens is 4. The van der Waals surface area contributed by atoms with E-state index in [1.165, 1.54) is 0 Å². The second kappa shape index (κ2) is 9.09. The molecule has 0 aliphatic carbocycles. The molecular formula is C19H23N6O8P. The van der Waals surface area contributed by atoms with E-state index in [2.05, 4.69) is 19.5 Å². The van der Waals surface area contributed by atoms with E-state index >= 15 is 0 Å². The van der Waals surface area contributed by atoms with E-state index in [1.54, 1.807) is 30.3 Å². The fourth-order valence-electron chi connectivity index (χ4n) is 3.95. The van der Waals surface area contributed by atoms with Gasteiger partial charge in [0.25, 0.3) is 0 Å². The lowest BCUT2D eigenvalue weighted by Gasteiger charge is -2.34. The summed E-state index contributed by atoms with van der Waals surface area (Å²) in [6.07, 6.45) is -2.90. The van der Waals surface area contributed by atoms with Crippen LogP contribution in [0.1, 0.15) is 5.56 Å². The molecule has 15 heteroatoms. The van der Waals surface area contributed by atoms with E-state index in [0.717, 1.165) is 22.8 Å². The van der Waals surface area contributed by atoms with Crippen LogP contribution in [0.15, 0.2) is 43.0 Å². The molecule has 14 nitrogen and oxygen atoms in total. The fraction of sp³-hybridized carbons (Fsp3) is 0.368. The predicted octanol–water partition coefficient (Wildman–Crippen LogP) is -1.57. The van der Waals surface area contributed by atoms with E-state index < -0.39 is 50.3 Å². The molecule has 3 heterocycles. The third-order valence-electron chi connectivity index (χ3n) is 5.55. The number of Topliss-reactive ketones (excluding diaryl/α,β-unsaturated/α-hetero) is 1. The molecule has 34 heavy (non-hydrogen) atoms. The quantitative estimate of drug-likeness (QED) is 0.195. The van der Waals surface area contributed by atoms with Crippen molar-refractivity contribution in [3.05, 3.63) is 48.5 Å². The molecule has 0 amide bonds. The number of hydrogen-bond donors (Lipinski definition) is 6.